The number of hydrogen-bond donors (Lipinski definition) is 1. The van der Waals surface area contributed by atoms with E-state index in [1.807, 2.05) is 34.7 Å². The molecule has 1 N–H and O–H groups in total. The van der Waals surface area contributed by atoms with E-state index < -0.39 is 0 Å². The van der Waals surface area contributed by atoms with E-state index in [9.17, 15) is 4.79 Å². The number of thiazole rings is 1. The SMILES string of the molecule is Cc1nc(C)c(C(C)NC(=O)c2cc(C)n(C)n2)s1. The Hall–Kier alpha value is -1.69. The van der Waals surface area contributed by atoms with Gasteiger partial charge in [-0.1, -0.05) is 0 Å². The first-order valence-corrected chi connectivity index (χ1v) is 6.95. The standard InChI is InChI=1S/C13H18N4OS/c1-7-6-11(16-17(7)5)13(18)15-9(3)12-8(2)14-10(4)19-12/h6,9H,1-5H3,(H,15,18). The summed E-state index contributed by atoms with van der Waals surface area (Å²) < 4.78 is 1.70. The predicted molar refractivity (Wildman–Crippen MR) is 75.4 cm³/mol. The average Bonchev–Trinajstić information content (AvgIpc) is 2.82. The molecule has 19 heavy (non-hydrogen) atoms. The van der Waals surface area contributed by atoms with Gasteiger partial charge in [-0.25, -0.2) is 4.98 Å². The van der Waals surface area contributed by atoms with Crippen molar-refractivity contribution in [1.29, 1.82) is 0 Å². The van der Waals surface area contributed by atoms with Crippen LogP contribution < -0.4 is 5.32 Å². The Morgan fingerprint density at radius 1 is 1.42 bits per heavy atom. The number of nitrogens with zero attached hydrogens (tertiary/aromatic N) is 3. The van der Waals surface area contributed by atoms with Crippen LogP contribution in [0, 0.1) is 20.8 Å². The van der Waals surface area contributed by atoms with Crippen molar-refractivity contribution in [3.63, 3.8) is 0 Å². The fourth-order valence-corrected chi connectivity index (χ4v) is 2.89. The molecule has 0 aliphatic heterocycles. The van der Waals surface area contributed by atoms with Gasteiger partial charge in [-0.3, -0.25) is 9.48 Å². The lowest BCUT2D eigenvalue weighted by Gasteiger charge is -2.11. The number of hydrogen-bond acceptors (Lipinski definition) is 4. The molecule has 2 heterocycles. The number of nitrogens with one attached hydrogen (secondary N) is 1. The van der Waals surface area contributed by atoms with Gasteiger partial charge >= 0.3 is 0 Å². The zero-order valence-electron chi connectivity index (χ0n) is 11.8. The lowest BCUT2D eigenvalue weighted by atomic mass is 10.2. The molecule has 0 spiro atoms. The smallest absolute Gasteiger partial charge is 0.272 e. The van der Waals surface area contributed by atoms with E-state index in [4.69, 9.17) is 0 Å². The minimum atomic E-state index is -0.151. The Morgan fingerprint density at radius 3 is 2.58 bits per heavy atom. The van der Waals surface area contributed by atoms with Crippen LogP contribution >= 0.6 is 11.3 Å². The van der Waals surface area contributed by atoms with E-state index in [2.05, 4.69) is 15.4 Å². The molecule has 6 heteroatoms. The molecular weight excluding hydrogens is 260 g/mol. The molecule has 5 nitrogen and oxygen atoms in total. The van der Waals surface area contributed by atoms with Gasteiger partial charge in [0.25, 0.3) is 5.91 Å². The normalized spacial score (nSPS) is 12.5. The van der Waals surface area contributed by atoms with Crippen LogP contribution in [0.5, 0.6) is 0 Å². The van der Waals surface area contributed by atoms with Crippen LogP contribution in [0.25, 0.3) is 0 Å². The summed E-state index contributed by atoms with van der Waals surface area (Å²) in [4.78, 5) is 17.6. The van der Waals surface area contributed by atoms with Gasteiger partial charge in [0.2, 0.25) is 0 Å². The third kappa shape index (κ3) is 2.84. The molecule has 0 saturated carbocycles. The summed E-state index contributed by atoms with van der Waals surface area (Å²) in [6.07, 6.45) is 0. The number of amides is 1. The monoisotopic (exact) mass is 278 g/mol. The minimum absolute atomic E-state index is 0.0546. The summed E-state index contributed by atoms with van der Waals surface area (Å²) >= 11 is 1.62. The highest BCUT2D eigenvalue weighted by atomic mass is 32.1. The number of aryl methyl sites for hydroxylation is 4. The zero-order chi connectivity index (χ0) is 14.2. The second kappa shape index (κ2) is 5.13. The second-order valence-electron chi connectivity index (χ2n) is 4.67. The summed E-state index contributed by atoms with van der Waals surface area (Å²) in [5.74, 6) is -0.151. The molecule has 2 aromatic heterocycles. The minimum Gasteiger partial charge on any atom is -0.343 e. The molecule has 1 unspecified atom stereocenters. The van der Waals surface area contributed by atoms with E-state index in [-0.39, 0.29) is 11.9 Å². The summed E-state index contributed by atoms with van der Waals surface area (Å²) in [5.41, 5.74) is 2.39. The number of carbonyl (C=O) groups is 1. The average molecular weight is 278 g/mol. The number of aromatic nitrogens is 3. The first-order valence-electron chi connectivity index (χ1n) is 6.14. The summed E-state index contributed by atoms with van der Waals surface area (Å²) in [6, 6.07) is 1.73. The van der Waals surface area contributed by atoms with Gasteiger partial charge in [-0.2, -0.15) is 5.10 Å². The molecule has 0 radical (unpaired) electrons. The molecule has 1 amide bonds. The Bertz CT molecular complexity index is 595. The van der Waals surface area contributed by atoms with Crippen LogP contribution in [0.3, 0.4) is 0 Å². The van der Waals surface area contributed by atoms with Crippen LogP contribution in [0.2, 0.25) is 0 Å². The van der Waals surface area contributed by atoms with Crippen molar-refractivity contribution in [2.24, 2.45) is 7.05 Å². The van der Waals surface area contributed by atoms with Crippen LogP contribution in [-0.4, -0.2) is 20.7 Å². The Kier molecular flexibility index (Phi) is 3.71. The van der Waals surface area contributed by atoms with Crippen molar-refractivity contribution in [2.75, 3.05) is 0 Å². The molecule has 0 fully saturated rings. The van der Waals surface area contributed by atoms with Gasteiger partial charge < -0.3 is 5.32 Å². The Balaban J connectivity index is 2.12. The van der Waals surface area contributed by atoms with E-state index in [0.717, 1.165) is 21.3 Å². The Morgan fingerprint density at radius 2 is 2.11 bits per heavy atom. The van der Waals surface area contributed by atoms with Crippen molar-refractivity contribution in [1.82, 2.24) is 20.1 Å². The van der Waals surface area contributed by atoms with E-state index in [1.54, 1.807) is 22.1 Å². The number of rotatable bonds is 3. The fourth-order valence-electron chi connectivity index (χ4n) is 1.96. The van der Waals surface area contributed by atoms with Crippen molar-refractivity contribution in [2.45, 2.75) is 33.7 Å². The van der Waals surface area contributed by atoms with E-state index in [0.29, 0.717) is 5.69 Å². The van der Waals surface area contributed by atoms with Gasteiger partial charge in [0.1, 0.15) is 5.69 Å². The lowest BCUT2D eigenvalue weighted by Crippen LogP contribution is -2.27. The first-order chi connectivity index (χ1) is 8.88. The fraction of sp³-hybridized carbons (Fsp3) is 0.462. The van der Waals surface area contributed by atoms with Crippen molar-refractivity contribution in [3.05, 3.63) is 33.0 Å². The predicted octanol–water partition coefficient (Wildman–Crippen LogP) is 2.29. The second-order valence-corrected chi connectivity index (χ2v) is 5.91. The summed E-state index contributed by atoms with van der Waals surface area (Å²) in [7, 11) is 1.83. The maximum absolute atomic E-state index is 12.1. The highest BCUT2D eigenvalue weighted by Gasteiger charge is 2.18. The quantitative estimate of drug-likeness (QED) is 0.937. The summed E-state index contributed by atoms with van der Waals surface area (Å²) in [5, 5.41) is 8.16. The van der Waals surface area contributed by atoms with Crippen LogP contribution in [0.15, 0.2) is 6.07 Å². The third-order valence-corrected chi connectivity index (χ3v) is 4.28. The van der Waals surface area contributed by atoms with Gasteiger partial charge in [0, 0.05) is 17.6 Å². The van der Waals surface area contributed by atoms with Crippen LogP contribution in [0.4, 0.5) is 0 Å². The lowest BCUT2D eigenvalue weighted by molar-refractivity contribution is 0.0934. The topological polar surface area (TPSA) is 59.8 Å². The van der Waals surface area contributed by atoms with E-state index in [1.165, 1.54) is 0 Å². The van der Waals surface area contributed by atoms with Gasteiger partial charge in [0.05, 0.1) is 16.7 Å². The molecule has 0 aliphatic rings. The molecule has 0 bridgehead atoms. The molecular formula is C13H18N4OS. The van der Waals surface area contributed by atoms with Crippen molar-refractivity contribution in [3.8, 4) is 0 Å². The maximum Gasteiger partial charge on any atom is 0.272 e. The van der Waals surface area contributed by atoms with Crippen molar-refractivity contribution < 1.29 is 4.79 Å². The zero-order valence-corrected chi connectivity index (χ0v) is 12.6. The van der Waals surface area contributed by atoms with Crippen LogP contribution in [-0.2, 0) is 7.05 Å². The number of carbonyl (C=O) groups excluding carboxylic acids is 1. The van der Waals surface area contributed by atoms with Gasteiger partial charge in [0.15, 0.2) is 0 Å². The molecule has 2 rings (SSSR count). The molecule has 0 aromatic carbocycles. The van der Waals surface area contributed by atoms with Crippen LogP contribution in [0.1, 0.15) is 44.7 Å². The largest absolute Gasteiger partial charge is 0.343 e. The molecule has 2 aromatic rings. The first kappa shape index (κ1) is 13.7. The van der Waals surface area contributed by atoms with E-state index >= 15 is 0 Å². The van der Waals surface area contributed by atoms with Gasteiger partial charge in [-0.15, -0.1) is 11.3 Å². The highest BCUT2D eigenvalue weighted by molar-refractivity contribution is 7.11. The molecule has 1 atom stereocenters. The Labute approximate surface area is 116 Å². The van der Waals surface area contributed by atoms with Gasteiger partial charge in [-0.05, 0) is 33.8 Å². The maximum atomic E-state index is 12.1. The molecule has 0 aliphatic carbocycles. The molecule has 102 valence electrons. The van der Waals surface area contributed by atoms with Crippen molar-refractivity contribution >= 4 is 17.2 Å². The third-order valence-electron chi connectivity index (χ3n) is 3.03. The molecule has 0 saturated heterocycles. The summed E-state index contributed by atoms with van der Waals surface area (Å²) in [6.45, 7) is 7.82. The highest BCUT2D eigenvalue weighted by Crippen LogP contribution is 2.24.